The maximum absolute atomic E-state index is 8.03. The van der Waals surface area contributed by atoms with Crippen LogP contribution in [0.2, 0.25) is 0 Å². The zero-order chi connectivity index (χ0) is 6.24. The van der Waals surface area contributed by atoms with Crippen molar-refractivity contribution in [3.63, 3.8) is 0 Å². The summed E-state index contributed by atoms with van der Waals surface area (Å²) in [5, 5.41) is 16.1. The van der Waals surface area contributed by atoms with Gasteiger partial charge in [0.1, 0.15) is 0 Å². The van der Waals surface area contributed by atoms with Crippen LogP contribution in [0.4, 0.5) is 0 Å². The van der Waals surface area contributed by atoms with E-state index in [0.717, 1.165) is 12.8 Å². The Balaban J connectivity index is 2.77. The number of nitrogens with zero attached hydrogens (tertiary/aromatic N) is 2. The lowest BCUT2D eigenvalue weighted by Crippen LogP contribution is -1.70. The van der Waals surface area contributed by atoms with E-state index in [1.54, 1.807) is 0 Å². The Bertz CT molecular complexity index is 99.5. The third kappa shape index (κ3) is 4.98. The van der Waals surface area contributed by atoms with Crippen molar-refractivity contribution in [1.29, 1.82) is 10.5 Å². The fourth-order valence-electron chi connectivity index (χ4n) is 0.408. The van der Waals surface area contributed by atoms with Crippen molar-refractivity contribution in [3.05, 3.63) is 0 Å². The van der Waals surface area contributed by atoms with Crippen LogP contribution in [-0.2, 0) is 0 Å². The van der Waals surface area contributed by atoms with Gasteiger partial charge in [-0.1, -0.05) is 0 Å². The Labute approximate surface area is 49.3 Å². The van der Waals surface area contributed by atoms with Crippen molar-refractivity contribution in [3.8, 4) is 12.1 Å². The van der Waals surface area contributed by atoms with E-state index in [1.165, 1.54) is 0 Å². The zero-order valence-corrected chi connectivity index (χ0v) is 4.72. The first-order chi connectivity index (χ1) is 3.91. The van der Waals surface area contributed by atoms with Crippen LogP contribution >= 0.6 is 0 Å². The molecule has 2 heteroatoms. The van der Waals surface area contributed by atoms with Gasteiger partial charge < -0.3 is 0 Å². The third-order valence-corrected chi connectivity index (χ3v) is 0.827. The molecule has 0 aromatic heterocycles. The molecule has 0 saturated heterocycles. The first-order valence-electron chi connectivity index (χ1n) is 2.65. The van der Waals surface area contributed by atoms with Gasteiger partial charge in [0.05, 0.1) is 12.1 Å². The highest BCUT2D eigenvalue weighted by Crippen LogP contribution is 1.95. The average Bonchev–Trinajstić information content (AvgIpc) is 1.81. The van der Waals surface area contributed by atoms with E-state index in [1.807, 2.05) is 12.1 Å². The van der Waals surface area contributed by atoms with E-state index in [-0.39, 0.29) is 0 Å². The van der Waals surface area contributed by atoms with Gasteiger partial charge in [0.2, 0.25) is 0 Å². The van der Waals surface area contributed by atoms with Crippen molar-refractivity contribution in [1.82, 2.24) is 0 Å². The van der Waals surface area contributed by atoms with Gasteiger partial charge in [0.15, 0.2) is 0 Å². The maximum atomic E-state index is 8.03. The molecule has 0 saturated carbocycles. The van der Waals surface area contributed by atoms with Crippen LogP contribution in [0.25, 0.3) is 0 Å². The largest absolute Gasteiger partial charge is 0.198 e. The molecule has 0 spiro atoms. The molecule has 0 rings (SSSR count). The standard InChI is InChI=1S/C6H8N2/c7-5-3-1-2-4-6-8/h1-4H2/i5+1,6+1. The fraction of sp³-hybridized carbons (Fsp3) is 0.667. The molecule has 0 aromatic rings. The molecule has 0 fully saturated rings. The third-order valence-electron chi connectivity index (χ3n) is 0.827. The summed E-state index contributed by atoms with van der Waals surface area (Å²) in [4.78, 5) is 0. The molecule has 0 unspecified atom stereocenters. The minimum atomic E-state index is 0.585. The monoisotopic (exact) mass is 110 g/mol. The van der Waals surface area contributed by atoms with E-state index in [4.69, 9.17) is 10.5 Å². The quantitative estimate of drug-likeness (QED) is 0.409. The highest BCUT2D eigenvalue weighted by atomic mass is 14.4. The number of nitriles is 2. The van der Waals surface area contributed by atoms with Gasteiger partial charge in [-0.15, -0.1) is 0 Å². The molecule has 8 heavy (non-hydrogen) atoms. The lowest BCUT2D eigenvalue weighted by Gasteiger charge is -1.83. The lowest BCUT2D eigenvalue weighted by atomic mass is 10.3. The van der Waals surface area contributed by atoms with Gasteiger partial charge in [-0.2, -0.15) is 10.5 Å². The molecule has 0 aromatic carbocycles. The summed E-state index contributed by atoms with van der Waals surface area (Å²) in [6, 6.07) is 4.03. The van der Waals surface area contributed by atoms with Gasteiger partial charge in [-0.05, 0) is 12.8 Å². The van der Waals surface area contributed by atoms with Crippen LogP contribution in [0, 0.1) is 22.7 Å². The smallest absolute Gasteiger partial charge is 0.0621 e. The molecule has 0 atom stereocenters. The normalized spacial score (nSPS) is 7.25. The van der Waals surface area contributed by atoms with Gasteiger partial charge in [-0.25, -0.2) is 0 Å². The van der Waals surface area contributed by atoms with Gasteiger partial charge in [0, 0.05) is 12.8 Å². The second kappa shape index (κ2) is 5.98. The molecule has 0 aliphatic carbocycles. The van der Waals surface area contributed by atoms with Crippen molar-refractivity contribution < 1.29 is 0 Å². The van der Waals surface area contributed by atoms with E-state index < -0.39 is 0 Å². The van der Waals surface area contributed by atoms with Crippen molar-refractivity contribution in [2.75, 3.05) is 0 Å². The predicted octanol–water partition coefficient (Wildman–Crippen LogP) is 1.59. The molecule has 0 heterocycles. The topological polar surface area (TPSA) is 47.6 Å². The Kier molecular flexibility index (Phi) is 5.22. The van der Waals surface area contributed by atoms with E-state index in [2.05, 4.69) is 0 Å². The minimum Gasteiger partial charge on any atom is -0.198 e. The molecule has 0 amide bonds. The highest BCUT2D eigenvalue weighted by Gasteiger charge is 1.83. The molecule has 0 radical (unpaired) electrons. The van der Waals surface area contributed by atoms with Crippen LogP contribution in [0.15, 0.2) is 0 Å². The summed E-state index contributed by atoms with van der Waals surface area (Å²) in [6.07, 6.45) is 2.90. The summed E-state index contributed by atoms with van der Waals surface area (Å²) in [5.74, 6) is 0. The first-order valence-corrected chi connectivity index (χ1v) is 2.65. The van der Waals surface area contributed by atoms with Crippen LogP contribution in [0.3, 0.4) is 0 Å². The number of hydrogen-bond acceptors (Lipinski definition) is 2. The molecule has 0 aliphatic rings. The molecule has 0 N–H and O–H groups in total. The molecule has 42 valence electrons. The van der Waals surface area contributed by atoms with Crippen LogP contribution in [0.1, 0.15) is 25.7 Å². The van der Waals surface area contributed by atoms with E-state index >= 15 is 0 Å². The van der Waals surface area contributed by atoms with Crippen molar-refractivity contribution in [2.24, 2.45) is 0 Å². The molecule has 0 aliphatic heterocycles. The van der Waals surface area contributed by atoms with Crippen molar-refractivity contribution in [2.45, 2.75) is 25.7 Å². The highest BCUT2D eigenvalue weighted by molar-refractivity contribution is 4.72. The number of hydrogen-bond donors (Lipinski definition) is 0. The Morgan fingerprint density at radius 1 is 0.875 bits per heavy atom. The number of rotatable bonds is 3. The predicted molar refractivity (Wildman–Crippen MR) is 29.7 cm³/mol. The first kappa shape index (κ1) is 6.98. The van der Waals surface area contributed by atoms with E-state index in [9.17, 15) is 0 Å². The number of unbranched alkanes of at least 4 members (excludes halogenated alkanes) is 3. The summed E-state index contributed by atoms with van der Waals surface area (Å²) >= 11 is 0. The fourth-order valence-corrected chi connectivity index (χ4v) is 0.408. The van der Waals surface area contributed by atoms with Crippen LogP contribution in [-0.4, -0.2) is 0 Å². The van der Waals surface area contributed by atoms with Gasteiger partial charge >= 0.3 is 0 Å². The summed E-state index contributed by atoms with van der Waals surface area (Å²) < 4.78 is 0. The van der Waals surface area contributed by atoms with Gasteiger partial charge in [-0.3, -0.25) is 0 Å². The van der Waals surface area contributed by atoms with Crippen LogP contribution in [0.5, 0.6) is 0 Å². The van der Waals surface area contributed by atoms with Crippen LogP contribution < -0.4 is 0 Å². The van der Waals surface area contributed by atoms with Crippen molar-refractivity contribution >= 4 is 0 Å². The Morgan fingerprint density at radius 2 is 1.25 bits per heavy atom. The molecular formula is C6H8N2. The lowest BCUT2D eigenvalue weighted by molar-refractivity contribution is 0.773. The minimum absolute atomic E-state index is 0.585. The summed E-state index contributed by atoms with van der Waals surface area (Å²) in [6.45, 7) is 0. The Hall–Kier alpha value is -1.02. The maximum Gasteiger partial charge on any atom is 0.0621 e. The average molecular weight is 110 g/mol. The second-order valence-corrected chi connectivity index (χ2v) is 1.52. The van der Waals surface area contributed by atoms with Gasteiger partial charge in [0.25, 0.3) is 0 Å². The molecule has 2 nitrogen and oxygen atoms in total. The summed E-state index contributed by atoms with van der Waals surface area (Å²) in [5.41, 5.74) is 0. The zero-order valence-electron chi connectivity index (χ0n) is 4.72. The molecular weight excluding hydrogens is 102 g/mol. The Morgan fingerprint density at radius 3 is 1.50 bits per heavy atom. The molecule has 0 bridgehead atoms. The SMILES string of the molecule is N#[13C]CCCC[13C]#N. The second-order valence-electron chi connectivity index (χ2n) is 1.52. The summed E-state index contributed by atoms with van der Waals surface area (Å²) in [7, 11) is 0. The van der Waals surface area contributed by atoms with E-state index in [0.29, 0.717) is 12.8 Å².